The van der Waals surface area contributed by atoms with Crippen molar-refractivity contribution in [2.24, 2.45) is 20.6 Å². The molecule has 0 aliphatic carbocycles. The second-order valence-electron chi connectivity index (χ2n) is 5.63. The molecule has 0 amide bonds. The van der Waals surface area contributed by atoms with Crippen LogP contribution in [0.2, 0.25) is 0 Å². The molecule has 2 aromatic rings. The Morgan fingerprint density at radius 2 is 1.96 bits per heavy atom. The standard InChI is InChI=1S/C18H19N5O2/c1-13-3-4-15(9-19-13)11-25-22-14(2)16-5-7-18(8-6-16)24-12-17-10-20-23-21-17/h3-9H,10-12H2,1-2H3/b22-14+. The zero-order chi connectivity index (χ0) is 17.5. The highest BCUT2D eigenvalue weighted by Crippen LogP contribution is 2.14. The summed E-state index contributed by atoms with van der Waals surface area (Å²) in [5.41, 5.74) is 4.55. The third kappa shape index (κ3) is 4.94. The molecule has 1 aromatic carbocycles. The second kappa shape index (κ2) is 8.14. The number of pyridine rings is 1. The van der Waals surface area contributed by atoms with Gasteiger partial charge in [-0.3, -0.25) is 4.98 Å². The quantitative estimate of drug-likeness (QED) is 0.572. The summed E-state index contributed by atoms with van der Waals surface area (Å²) in [5.74, 6) is 0.762. The minimum absolute atomic E-state index is 0.393. The van der Waals surface area contributed by atoms with Crippen molar-refractivity contribution >= 4 is 11.4 Å². The van der Waals surface area contributed by atoms with E-state index in [0.717, 1.165) is 34.0 Å². The lowest BCUT2D eigenvalue weighted by molar-refractivity contribution is 0.130. The summed E-state index contributed by atoms with van der Waals surface area (Å²) in [7, 11) is 0. The molecule has 25 heavy (non-hydrogen) atoms. The maximum Gasteiger partial charge on any atom is 0.143 e. The lowest BCUT2D eigenvalue weighted by Crippen LogP contribution is -2.12. The molecule has 0 fully saturated rings. The van der Waals surface area contributed by atoms with Crippen LogP contribution in [0.1, 0.15) is 23.7 Å². The first kappa shape index (κ1) is 16.8. The molecule has 128 valence electrons. The molecule has 0 bridgehead atoms. The number of ether oxygens (including phenoxy) is 1. The van der Waals surface area contributed by atoms with Crippen LogP contribution >= 0.6 is 0 Å². The monoisotopic (exact) mass is 337 g/mol. The fourth-order valence-corrected chi connectivity index (χ4v) is 2.11. The highest BCUT2D eigenvalue weighted by atomic mass is 16.6. The van der Waals surface area contributed by atoms with Crippen LogP contribution in [0.3, 0.4) is 0 Å². The van der Waals surface area contributed by atoms with Crippen LogP contribution in [-0.4, -0.2) is 29.6 Å². The highest BCUT2D eigenvalue weighted by molar-refractivity contribution is 5.98. The van der Waals surface area contributed by atoms with Gasteiger partial charge < -0.3 is 9.57 Å². The molecule has 7 nitrogen and oxygen atoms in total. The minimum Gasteiger partial charge on any atom is -0.488 e. The van der Waals surface area contributed by atoms with Gasteiger partial charge in [-0.25, -0.2) is 0 Å². The van der Waals surface area contributed by atoms with E-state index in [4.69, 9.17) is 9.57 Å². The van der Waals surface area contributed by atoms with E-state index in [1.54, 1.807) is 6.20 Å². The van der Waals surface area contributed by atoms with E-state index in [0.29, 0.717) is 19.8 Å². The van der Waals surface area contributed by atoms with Crippen molar-refractivity contribution < 1.29 is 9.57 Å². The van der Waals surface area contributed by atoms with Crippen LogP contribution in [0, 0.1) is 6.92 Å². The van der Waals surface area contributed by atoms with E-state index in [9.17, 15) is 0 Å². The predicted octanol–water partition coefficient (Wildman–Crippen LogP) is 3.53. The van der Waals surface area contributed by atoms with Gasteiger partial charge in [0.25, 0.3) is 0 Å². The van der Waals surface area contributed by atoms with Gasteiger partial charge in [-0.2, -0.15) is 5.11 Å². The van der Waals surface area contributed by atoms with Crippen molar-refractivity contribution in [2.45, 2.75) is 20.5 Å². The van der Waals surface area contributed by atoms with Crippen LogP contribution in [-0.2, 0) is 11.4 Å². The number of hydrogen-bond donors (Lipinski definition) is 0. The van der Waals surface area contributed by atoms with Crippen molar-refractivity contribution in [3.63, 3.8) is 0 Å². The molecule has 0 spiro atoms. The van der Waals surface area contributed by atoms with E-state index in [1.807, 2.05) is 50.2 Å². The first-order valence-corrected chi connectivity index (χ1v) is 7.94. The van der Waals surface area contributed by atoms with Gasteiger partial charge in [0.1, 0.15) is 31.2 Å². The number of nitrogens with zero attached hydrogens (tertiary/aromatic N) is 5. The first-order valence-electron chi connectivity index (χ1n) is 7.94. The SMILES string of the molecule is C/C(=N\OCc1ccc(C)nc1)c1ccc(OCC2=NN=NC2)cc1. The smallest absolute Gasteiger partial charge is 0.143 e. The topological polar surface area (TPSA) is 80.8 Å². The Morgan fingerprint density at radius 1 is 1.12 bits per heavy atom. The lowest BCUT2D eigenvalue weighted by Gasteiger charge is -2.07. The van der Waals surface area contributed by atoms with Gasteiger partial charge in [0.2, 0.25) is 0 Å². The lowest BCUT2D eigenvalue weighted by atomic mass is 10.1. The van der Waals surface area contributed by atoms with Crippen molar-refractivity contribution in [1.29, 1.82) is 0 Å². The molecule has 0 saturated carbocycles. The Morgan fingerprint density at radius 3 is 2.64 bits per heavy atom. The van der Waals surface area contributed by atoms with Crippen LogP contribution in [0.15, 0.2) is 63.2 Å². The van der Waals surface area contributed by atoms with Crippen LogP contribution in [0.5, 0.6) is 5.75 Å². The maximum atomic E-state index is 5.64. The van der Waals surface area contributed by atoms with E-state index in [1.165, 1.54) is 0 Å². The average molecular weight is 337 g/mol. The second-order valence-corrected chi connectivity index (χ2v) is 5.63. The Bertz CT molecular complexity index is 795. The fraction of sp³-hybridized carbons (Fsp3) is 0.278. The summed E-state index contributed by atoms with van der Waals surface area (Å²) in [4.78, 5) is 9.63. The van der Waals surface area contributed by atoms with E-state index < -0.39 is 0 Å². The summed E-state index contributed by atoms with van der Waals surface area (Å²) in [6.45, 7) is 5.15. The molecule has 0 atom stereocenters. The molecule has 0 radical (unpaired) electrons. The molecule has 0 saturated heterocycles. The summed E-state index contributed by atoms with van der Waals surface area (Å²) >= 11 is 0. The van der Waals surface area contributed by atoms with Crippen molar-refractivity contribution in [3.8, 4) is 5.75 Å². The zero-order valence-electron chi connectivity index (χ0n) is 14.2. The van der Waals surface area contributed by atoms with E-state index >= 15 is 0 Å². The molecule has 7 heteroatoms. The maximum absolute atomic E-state index is 5.64. The number of oxime groups is 1. The molecule has 1 aliphatic rings. The van der Waals surface area contributed by atoms with E-state index in [-0.39, 0.29) is 0 Å². The number of aromatic nitrogens is 1. The average Bonchev–Trinajstić information content (AvgIpc) is 3.15. The van der Waals surface area contributed by atoms with Crippen molar-refractivity contribution in [1.82, 2.24) is 4.98 Å². The van der Waals surface area contributed by atoms with Gasteiger partial charge in [0.15, 0.2) is 0 Å². The van der Waals surface area contributed by atoms with Crippen molar-refractivity contribution in [2.75, 3.05) is 13.2 Å². The van der Waals surface area contributed by atoms with Crippen molar-refractivity contribution in [3.05, 3.63) is 59.4 Å². The molecule has 0 N–H and O–H groups in total. The summed E-state index contributed by atoms with van der Waals surface area (Å²) < 4.78 is 5.64. The van der Waals surface area contributed by atoms with Crippen LogP contribution < -0.4 is 4.74 Å². The van der Waals surface area contributed by atoms with Gasteiger partial charge in [0.05, 0.1) is 5.71 Å². The molecule has 1 aliphatic heterocycles. The largest absolute Gasteiger partial charge is 0.488 e. The number of aryl methyl sites for hydroxylation is 1. The summed E-state index contributed by atoms with van der Waals surface area (Å²) in [5, 5.41) is 15.4. The third-order valence-electron chi connectivity index (χ3n) is 3.59. The molecule has 0 unspecified atom stereocenters. The van der Waals surface area contributed by atoms with E-state index in [2.05, 4.69) is 25.6 Å². The molecule has 2 heterocycles. The van der Waals surface area contributed by atoms with Gasteiger partial charge in [-0.15, -0.1) is 5.10 Å². The van der Waals surface area contributed by atoms with Crippen LogP contribution in [0.25, 0.3) is 0 Å². The summed E-state index contributed by atoms with van der Waals surface area (Å²) in [6.07, 6.45) is 1.79. The Hall–Kier alpha value is -3.09. The highest BCUT2D eigenvalue weighted by Gasteiger charge is 2.06. The normalized spacial score (nSPS) is 13.7. The summed E-state index contributed by atoms with van der Waals surface area (Å²) in [6, 6.07) is 11.6. The van der Waals surface area contributed by atoms with Gasteiger partial charge in [-0.05, 0) is 55.0 Å². The first-order chi connectivity index (χ1) is 12.2. The molecule has 1 aromatic heterocycles. The van der Waals surface area contributed by atoms with Gasteiger partial charge in [-0.1, -0.05) is 11.2 Å². The number of rotatable bonds is 7. The number of hydrogen-bond acceptors (Lipinski definition) is 7. The predicted molar refractivity (Wildman–Crippen MR) is 95.1 cm³/mol. The zero-order valence-corrected chi connectivity index (χ0v) is 14.2. The Balaban J connectivity index is 1.50. The Labute approximate surface area is 146 Å². The van der Waals surface area contributed by atoms with Gasteiger partial charge >= 0.3 is 0 Å². The molecular weight excluding hydrogens is 318 g/mol. The fourth-order valence-electron chi connectivity index (χ4n) is 2.11. The van der Waals surface area contributed by atoms with Crippen LogP contribution in [0.4, 0.5) is 0 Å². The third-order valence-corrected chi connectivity index (χ3v) is 3.59. The minimum atomic E-state index is 0.393. The molecular formula is C18H19N5O2. The number of benzene rings is 1. The molecule has 3 rings (SSSR count). The Kier molecular flexibility index (Phi) is 5.46. The van der Waals surface area contributed by atoms with Gasteiger partial charge in [0, 0.05) is 17.5 Å².